The summed E-state index contributed by atoms with van der Waals surface area (Å²) in [6.45, 7) is 0.638. The summed E-state index contributed by atoms with van der Waals surface area (Å²) in [6, 6.07) is 9.63. The Morgan fingerprint density at radius 3 is 2.85 bits per heavy atom. The molecule has 1 amide bonds. The highest BCUT2D eigenvalue weighted by Gasteiger charge is 2.05. The number of nitrogens with two attached hydrogens (primary N) is 1. The number of hydrogen-bond donors (Lipinski definition) is 2. The first-order valence-electron chi connectivity index (χ1n) is 6.00. The number of anilines is 1. The van der Waals surface area contributed by atoms with Gasteiger partial charge in [-0.05, 0) is 18.2 Å². The van der Waals surface area contributed by atoms with Crippen LogP contribution in [-0.2, 0) is 0 Å². The Hall–Kier alpha value is -2.76. The third-order valence-electron chi connectivity index (χ3n) is 2.48. The Morgan fingerprint density at radius 1 is 1.30 bits per heavy atom. The Balaban J connectivity index is 1.77. The topological polar surface area (TPSA) is 94.6 Å². The van der Waals surface area contributed by atoms with Crippen molar-refractivity contribution >= 4 is 11.6 Å². The van der Waals surface area contributed by atoms with Gasteiger partial charge in [0.2, 0.25) is 0 Å². The zero-order valence-corrected chi connectivity index (χ0v) is 10.7. The molecule has 104 valence electrons. The van der Waals surface area contributed by atoms with Crippen molar-refractivity contribution < 1.29 is 13.9 Å². The van der Waals surface area contributed by atoms with Crippen molar-refractivity contribution in [2.24, 2.45) is 0 Å². The second-order valence-corrected chi connectivity index (χ2v) is 4.02. The van der Waals surface area contributed by atoms with Crippen molar-refractivity contribution in [2.45, 2.75) is 0 Å². The van der Waals surface area contributed by atoms with Gasteiger partial charge in [0, 0.05) is 17.8 Å². The van der Waals surface area contributed by atoms with Gasteiger partial charge in [-0.2, -0.15) is 0 Å². The molecule has 6 nitrogen and oxygen atoms in total. The molecule has 6 heteroatoms. The van der Waals surface area contributed by atoms with Crippen LogP contribution in [0.3, 0.4) is 0 Å². The van der Waals surface area contributed by atoms with Crippen LogP contribution >= 0.6 is 0 Å². The minimum atomic E-state index is -0.494. The maximum atomic E-state index is 11.7. The molecule has 0 aliphatic carbocycles. The van der Waals surface area contributed by atoms with Crippen LogP contribution in [0.25, 0.3) is 0 Å². The first-order valence-corrected chi connectivity index (χ1v) is 6.00. The molecule has 0 spiro atoms. The van der Waals surface area contributed by atoms with E-state index < -0.39 is 5.63 Å². The minimum Gasteiger partial charge on any atom is -0.492 e. The van der Waals surface area contributed by atoms with Crippen molar-refractivity contribution in [3.63, 3.8) is 0 Å². The molecule has 0 aliphatic heterocycles. The molecule has 3 N–H and O–H groups in total. The van der Waals surface area contributed by atoms with Crippen LogP contribution in [-0.4, -0.2) is 19.1 Å². The van der Waals surface area contributed by atoms with E-state index >= 15 is 0 Å². The molecule has 1 aromatic heterocycles. The molecule has 20 heavy (non-hydrogen) atoms. The molecular formula is C14H14N2O4. The molecule has 1 aromatic carbocycles. The Bertz CT molecular complexity index is 631. The van der Waals surface area contributed by atoms with E-state index in [-0.39, 0.29) is 11.5 Å². The molecule has 2 rings (SSSR count). The molecule has 0 bridgehead atoms. The van der Waals surface area contributed by atoms with Crippen molar-refractivity contribution in [3.05, 3.63) is 58.6 Å². The van der Waals surface area contributed by atoms with Gasteiger partial charge in [0.05, 0.1) is 12.1 Å². The van der Waals surface area contributed by atoms with Crippen molar-refractivity contribution in [1.82, 2.24) is 5.32 Å². The molecule has 2 aromatic rings. The van der Waals surface area contributed by atoms with E-state index in [1.54, 1.807) is 24.3 Å². The lowest BCUT2D eigenvalue weighted by molar-refractivity contribution is 0.0944. The van der Waals surface area contributed by atoms with E-state index in [4.69, 9.17) is 10.5 Å². The zero-order valence-electron chi connectivity index (χ0n) is 10.7. The number of nitrogens with one attached hydrogen (secondary N) is 1. The van der Waals surface area contributed by atoms with Gasteiger partial charge < -0.3 is 20.2 Å². The monoisotopic (exact) mass is 274 g/mol. The predicted molar refractivity (Wildman–Crippen MR) is 73.7 cm³/mol. The number of carbonyl (C=O) groups is 1. The van der Waals surface area contributed by atoms with Gasteiger partial charge >= 0.3 is 5.63 Å². The third kappa shape index (κ3) is 3.88. The first-order chi connectivity index (χ1) is 9.65. The Labute approximate surface area is 115 Å². The summed E-state index contributed by atoms with van der Waals surface area (Å²) in [7, 11) is 0. The van der Waals surface area contributed by atoms with Crippen LogP contribution in [0.1, 0.15) is 10.4 Å². The van der Waals surface area contributed by atoms with E-state index in [0.717, 1.165) is 6.26 Å². The average molecular weight is 274 g/mol. The second-order valence-electron chi connectivity index (χ2n) is 4.02. The number of benzene rings is 1. The van der Waals surface area contributed by atoms with E-state index in [0.29, 0.717) is 24.6 Å². The summed E-state index contributed by atoms with van der Waals surface area (Å²) < 4.78 is 10.0. The first kappa shape index (κ1) is 13.7. The lowest BCUT2D eigenvalue weighted by atomic mass is 10.3. The molecule has 1 heterocycles. The minimum absolute atomic E-state index is 0.286. The maximum Gasteiger partial charge on any atom is 0.335 e. The highest BCUT2D eigenvalue weighted by molar-refractivity contribution is 5.93. The zero-order chi connectivity index (χ0) is 14.4. The fraction of sp³-hybridized carbons (Fsp3) is 0.143. The Morgan fingerprint density at radius 2 is 2.15 bits per heavy atom. The van der Waals surface area contributed by atoms with Crippen LogP contribution in [0.15, 0.2) is 51.9 Å². The molecule has 0 atom stereocenters. The summed E-state index contributed by atoms with van der Waals surface area (Å²) in [5, 5.41) is 2.65. The van der Waals surface area contributed by atoms with Crippen molar-refractivity contribution in [1.29, 1.82) is 0 Å². The summed E-state index contributed by atoms with van der Waals surface area (Å²) in [5.74, 6) is 0.315. The van der Waals surface area contributed by atoms with Gasteiger partial charge in [0.15, 0.2) is 0 Å². The van der Waals surface area contributed by atoms with Crippen molar-refractivity contribution in [3.8, 4) is 5.75 Å². The van der Waals surface area contributed by atoms with E-state index in [2.05, 4.69) is 9.73 Å². The number of ether oxygens (including phenoxy) is 1. The second kappa shape index (κ2) is 6.42. The highest BCUT2D eigenvalue weighted by Crippen LogP contribution is 2.13. The molecule has 0 unspecified atom stereocenters. The van der Waals surface area contributed by atoms with Gasteiger partial charge in [-0.3, -0.25) is 4.79 Å². The number of rotatable bonds is 5. The number of nitrogen functional groups attached to an aromatic ring is 1. The van der Waals surface area contributed by atoms with E-state index in [9.17, 15) is 9.59 Å². The Kier molecular flexibility index (Phi) is 4.39. The fourth-order valence-corrected chi connectivity index (χ4v) is 1.53. The molecule has 0 aliphatic rings. The highest BCUT2D eigenvalue weighted by atomic mass is 16.5. The average Bonchev–Trinajstić information content (AvgIpc) is 2.44. The van der Waals surface area contributed by atoms with Gasteiger partial charge in [-0.1, -0.05) is 6.07 Å². The molecule has 0 saturated heterocycles. The van der Waals surface area contributed by atoms with E-state index in [1.165, 1.54) is 12.1 Å². The van der Waals surface area contributed by atoms with Crippen LogP contribution < -0.4 is 21.4 Å². The molecule has 0 saturated carbocycles. The van der Waals surface area contributed by atoms with Crippen molar-refractivity contribution in [2.75, 3.05) is 18.9 Å². The molecular weight excluding hydrogens is 260 g/mol. The summed E-state index contributed by atoms with van der Waals surface area (Å²) in [6.07, 6.45) is 1.12. The predicted octanol–water partition coefficient (Wildman–Crippen LogP) is 1.03. The number of amides is 1. The smallest absolute Gasteiger partial charge is 0.335 e. The van der Waals surface area contributed by atoms with Gasteiger partial charge in [0.25, 0.3) is 5.91 Å². The van der Waals surface area contributed by atoms with Crippen LogP contribution in [0, 0.1) is 0 Å². The SMILES string of the molecule is Nc1cccc(OCCNC(=O)c2ccc(=O)oc2)c1. The molecule has 0 radical (unpaired) electrons. The third-order valence-corrected chi connectivity index (χ3v) is 2.48. The van der Waals surface area contributed by atoms with Crippen LogP contribution in [0.5, 0.6) is 5.75 Å². The number of carbonyl (C=O) groups excluding carboxylic acids is 1. The normalized spacial score (nSPS) is 10.0. The summed E-state index contributed by atoms with van der Waals surface area (Å²) >= 11 is 0. The largest absolute Gasteiger partial charge is 0.492 e. The molecule has 0 fully saturated rings. The van der Waals surface area contributed by atoms with Gasteiger partial charge in [0.1, 0.15) is 18.6 Å². The van der Waals surface area contributed by atoms with E-state index in [1.807, 2.05) is 0 Å². The summed E-state index contributed by atoms with van der Waals surface area (Å²) in [5.41, 5.74) is 6.02. The van der Waals surface area contributed by atoms with Crippen LogP contribution in [0.4, 0.5) is 5.69 Å². The lowest BCUT2D eigenvalue weighted by Crippen LogP contribution is -2.28. The fourth-order valence-electron chi connectivity index (χ4n) is 1.53. The summed E-state index contributed by atoms with van der Waals surface area (Å²) in [4.78, 5) is 22.4. The lowest BCUT2D eigenvalue weighted by Gasteiger charge is -2.07. The number of hydrogen-bond acceptors (Lipinski definition) is 5. The van der Waals surface area contributed by atoms with Gasteiger partial charge in [-0.15, -0.1) is 0 Å². The standard InChI is InChI=1S/C14H14N2O4/c15-11-2-1-3-12(8-11)19-7-6-16-14(18)10-4-5-13(17)20-9-10/h1-5,8-9H,6-7,15H2,(H,16,18). The van der Waals surface area contributed by atoms with Crippen LogP contribution in [0.2, 0.25) is 0 Å². The maximum absolute atomic E-state index is 11.7. The quantitative estimate of drug-likeness (QED) is 0.627. The van der Waals surface area contributed by atoms with Gasteiger partial charge in [-0.25, -0.2) is 4.79 Å².